The predicted molar refractivity (Wildman–Crippen MR) is 135 cm³/mol. The molecule has 1 aliphatic heterocycles. The molecule has 3 aromatic rings. The minimum atomic E-state index is -4.42. The monoisotopic (exact) mass is 497 g/mol. The molecule has 2 heterocycles. The quantitative estimate of drug-likeness (QED) is 0.416. The number of piperidine rings is 1. The van der Waals surface area contributed by atoms with E-state index in [0.717, 1.165) is 43.5 Å². The lowest BCUT2D eigenvalue weighted by Crippen LogP contribution is -2.43. The van der Waals surface area contributed by atoms with E-state index in [4.69, 9.17) is 4.74 Å². The number of hydrogen-bond acceptors (Lipinski definition) is 3. The maximum absolute atomic E-state index is 12.6. The fraction of sp³-hybridized carbons (Fsp3) is 0.286. The Bertz CT molecular complexity index is 1130. The number of nitrogens with zero attached hydrogens (tertiary/aromatic N) is 2. The van der Waals surface area contributed by atoms with Crippen LogP contribution in [0.5, 0.6) is 11.6 Å². The van der Waals surface area contributed by atoms with Crippen molar-refractivity contribution in [1.82, 2.24) is 15.2 Å². The molecule has 0 bridgehead atoms. The first-order chi connectivity index (χ1) is 17.4. The van der Waals surface area contributed by atoms with Crippen LogP contribution in [0.3, 0.4) is 0 Å². The molecule has 0 spiro atoms. The summed E-state index contributed by atoms with van der Waals surface area (Å²) < 4.78 is 43.5. The van der Waals surface area contributed by atoms with Crippen LogP contribution in [0.15, 0.2) is 84.6 Å². The van der Waals surface area contributed by atoms with Gasteiger partial charge in [-0.15, -0.1) is 0 Å². The summed E-state index contributed by atoms with van der Waals surface area (Å²) >= 11 is 0. The van der Waals surface area contributed by atoms with Gasteiger partial charge in [0.1, 0.15) is 5.75 Å². The number of urea groups is 1. The van der Waals surface area contributed by atoms with Gasteiger partial charge in [-0.2, -0.15) is 13.2 Å². The van der Waals surface area contributed by atoms with E-state index >= 15 is 0 Å². The highest BCUT2D eigenvalue weighted by atomic mass is 19.4. The van der Waals surface area contributed by atoms with E-state index in [2.05, 4.69) is 16.4 Å². The number of ether oxygens (including phenoxy) is 1. The molecule has 0 radical (unpaired) electrons. The average Bonchev–Trinajstić information content (AvgIpc) is 3.70. The van der Waals surface area contributed by atoms with Crippen LogP contribution >= 0.6 is 0 Å². The molecule has 2 aliphatic rings. The Labute approximate surface area is 210 Å². The predicted octanol–water partition coefficient (Wildman–Crippen LogP) is 7.18. The summed E-state index contributed by atoms with van der Waals surface area (Å²) in [5, 5.41) is 3.01. The number of nitrogens with one attached hydrogen (secondary N) is 1. The van der Waals surface area contributed by atoms with Crippen molar-refractivity contribution < 1.29 is 24.1 Å². The molecule has 1 aliphatic carbocycles. The number of pyridine rings is 1. The maximum Gasteiger partial charge on any atom is 0.417 e. The largest absolute Gasteiger partial charge is 0.439 e. The number of carbonyl (C=O) groups excluding carboxylic acids is 1. The van der Waals surface area contributed by atoms with Crippen molar-refractivity contribution in [2.75, 3.05) is 13.1 Å². The number of aromatic nitrogens is 1. The molecule has 190 valence electrons. The van der Waals surface area contributed by atoms with Crippen LogP contribution in [0.2, 0.25) is 0 Å². The van der Waals surface area contributed by atoms with Gasteiger partial charge in [-0.1, -0.05) is 60.2 Å². The normalized spacial score (nSPS) is 15.4. The number of benzene rings is 2. The van der Waals surface area contributed by atoms with Gasteiger partial charge >= 0.3 is 12.2 Å². The van der Waals surface area contributed by atoms with Gasteiger partial charge < -0.3 is 15.0 Å². The Hall–Kier alpha value is -3.81. The Balaban J connectivity index is 0.000000479. The molecule has 2 fully saturated rings. The van der Waals surface area contributed by atoms with Crippen LogP contribution in [0, 0.1) is 0 Å². The molecule has 0 unspecified atom stereocenters. The number of hydrogen-bond donors (Lipinski definition) is 1. The van der Waals surface area contributed by atoms with Crippen molar-refractivity contribution in [3.05, 3.63) is 95.7 Å². The van der Waals surface area contributed by atoms with Crippen LogP contribution in [-0.2, 0) is 6.18 Å². The lowest BCUT2D eigenvalue weighted by molar-refractivity contribution is -0.137. The van der Waals surface area contributed by atoms with Crippen LogP contribution in [0.25, 0.3) is 6.08 Å². The van der Waals surface area contributed by atoms with Gasteiger partial charge in [-0.3, -0.25) is 0 Å². The van der Waals surface area contributed by atoms with Crippen LogP contribution in [-0.4, -0.2) is 35.0 Å². The second kappa shape index (κ2) is 11.7. The SMILES string of the molecule is O=C(NC1CC1)N1CCC(=Cc2cccc(Oc3ccc(C(F)(F)F)cn3)c2)CC1.[HH].c1ccccc1. The minimum absolute atomic E-state index is 0. The van der Waals surface area contributed by atoms with Gasteiger partial charge in [0.15, 0.2) is 0 Å². The van der Waals surface area contributed by atoms with Crippen LogP contribution in [0.4, 0.5) is 18.0 Å². The summed E-state index contributed by atoms with van der Waals surface area (Å²) in [6.07, 6.45) is 2.17. The summed E-state index contributed by atoms with van der Waals surface area (Å²) in [5.74, 6) is 0.598. The highest BCUT2D eigenvalue weighted by Crippen LogP contribution is 2.30. The molecule has 0 atom stereocenters. The lowest BCUT2D eigenvalue weighted by atomic mass is 10.0. The molecule has 5 nitrogen and oxygen atoms in total. The zero-order valence-electron chi connectivity index (χ0n) is 19.7. The van der Waals surface area contributed by atoms with Gasteiger partial charge in [0.2, 0.25) is 5.88 Å². The summed E-state index contributed by atoms with van der Waals surface area (Å²) in [6, 6.07) is 21.8. The molecule has 8 heteroatoms. The van der Waals surface area contributed by atoms with E-state index in [1.165, 1.54) is 11.6 Å². The van der Waals surface area contributed by atoms with Crippen molar-refractivity contribution in [2.45, 2.75) is 37.9 Å². The molecule has 2 amide bonds. The zero-order valence-corrected chi connectivity index (χ0v) is 19.7. The molecular weight excluding hydrogens is 467 g/mol. The maximum atomic E-state index is 12.6. The molecule has 36 heavy (non-hydrogen) atoms. The first-order valence-corrected chi connectivity index (χ1v) is 11.9. The first kappa shape index (κ1) is 25.3. The number of amides is 2. The number of rotatable bonds is 4. The number of carbonyl (C=O) groups is 1. The minimum Gasteiger partial charge on any atom is -0.439 e. The molecule has 1 saturated heterocycles. The van der Waals surface area contributed by atoms with Gasteiger partial charge in [0.05, 0.1) is 5.56 Å². The third-order valence-electron chi connectivity index (χ3n) is 5.78. The number of alkyl halides is 3. The Morgan fingerprint density at radius 3 is 2.22 bits per heavy atom. The summed E-state index contributed by atoms with van der Waals surface area (Å²) in [6.45, 7) is 1.38. The second-order valence-corrected chi connectivity index (χ2v) is 8.73. The van der Waals surface area contributed by atoms with E-state index in [9.17, 15) is 18.0 Å². The summed E-state index contributed by atoms with van der Waals surface area (Å²) in [5.41, 5.74) is 1.37. The fourth-order valence-electron chi connectivity index (χ4n) is 3.65. The van der Waals surface area contributed by atoms with Gasteiger partial charge in [0, 0.05) is 32.8 Å². The van der Waals surface area contributed by atoms with Crippen molar-refractivity contribution >= 4 is 12.1 Å². The Kier molecular flexibility index (Phi) is 8.25. The Morgan fingerprint density at radius 2 is 1.67 bits per heavy atom. The summed E-state index contributed by atoms with van der Waals surface area (Å²) in [7, 11) is 0. The first-order valence-electron chi connectivity index (χ1n) is 11.9. The van der Waals surface area contributed by atoms with Gasteiger partial charge in [-0.25, -0.2) is 9.78 Å². The number of halogens is 3. The van der Waals surface area contributed by atoms with E-state index < -0.39 is 11.7 Å². The van der Waals surface area contributed by atoms with E-state index in [1.807, 2.05) is 59.5 Å². The van der Waals surface area contributed by atoms with E-state index in [1.54, 1.807) is 6.07 Å². The third-order valence-corrected chi connectivity index (χ3v) is 5.78. The highest BCUT2D eigenvalue weighted by Gasteiger charge is 2.30. The fourth-order valence-corrected chi connectivity index (χ4v) is 3.65. The van der Waals surface area contributed by atoms with Crippen LogP contribution < -0.4 is 10.1 Å². The molecular formula is C28H30F3N3O2. The highest BCUT2D eigenvalue weighted by molar-refractivity contribution is 5.75. The molecule has 1 aromatic heterocycles. The average molecular weight is 498 g/mol. The topological polar surface area (TPSA) is 54.5 Å². The van der Waals surface area contributed by atoms with Crippen molar-refractivity contribution in [3.63, 3.8) is 0 Å². The summed E-state index contributed by atoms with van der Waals surface area (Å²) in [4.78, 5) is 17.7. The Morgan fingerprint density at radius 1 is 1.00 bits per heavy atom. The van der Waals surface area contributed by atoms with E-state index in [0.29, 0.717) is 24.9 Å². The van der Waals surface area contributed by atoms with Crippen molar-refractivity contribution in [2.24, 2.45) is 0 Å². The molecule has 2 aromatic carbocycles. The van der Waals surface area contributed by atoms with Gasteiger partial charge in [0.25, 0.3) is 0 Å². The molecule has 5 rings (SSSR count). The third kappa shape index (κ3) is 7.86. The van der Waals surface area contributed by atoms with Crippen molar-refractivity contribution in [1.29, 1.82) is 0 Å². The molecule has 1 saturated carbocycles. The second-order valence-electron chi connectivity index (χ2n) is 8.73. The molecule has 1 N–H and O–H groups in total. The smallest absolute Gasteiger partial charge is 0.417 e. The van der Waals surface area contributed by atoms with Crippen molar-refractivity contribution in [3.8, 4) is 11.6 Å². The lowest BCUT2D eigenvalue weighted by Gasteiger charge is -2.28. The zero-order chi connectivity index (χ0) is 25.4. The standard InChI is InChI=1S/C22H22F3N3O2.C6H6.H2/c23-22(24,25)17-4-7-20(26-14-17)30-19-3-1-2-16(13-19)12-15-8-10-28(11-9-15)21(29)27-18-5-6-18;1-2-4-6-5-3-1;/h1-4,7,12-14,18H,5-6,8-11H2,(H,27,29);1-6H;1H. The van der Waals surface area contributed by atoms with Crippen LogP contribution in [0.1, 0.15) is 38.2 Å². The van der Waals surface area contributed by atoms with Gasteiger partial charge in [-0.05, 0) is 49.4 Å². The van der Waals surface area contributed by atoms with E-state index in [-0.39, 0.29) is 13.3 Å². The number of likely N-dealkylation sites (tertiary alicyclic amines) is 1.